The number of nitrogens with one attached hydrogen (secondary N) is 1. The Hall–Kier alpha value is -3.22. The summed E-state index contributed by atoms with van der Waals surface area (Å²) in [5.41, 5.74) is 1.03. The summed E-state index contributed by atoms with van der Waals surface area (Å²) in [5.74, 6) is -0.807. The molecule has 0 saturated heterocycles. The predicted octanol–water partition coefficient (Wildman–Crippen LogP) is 4.56. The Kier molecular flexibility index (Phi) is 7.26. The van der Waals surface area contributed by atoms with Gasteiger partial charge in [0, 0.05) is 18.1 Å². The molecule has 0 aromatic heterocycles. The molecule has 2 aromatic rings. The Balaban J connectivity index is 2.25. The lowest BCUT2D eigenvalue weighted by Gasteiger charge is -2.18. The van der Waals surface area contributed by atoms with E-state index >= 15 is 0 Å². The molecule has 2 aromatic carbocycles. The predicted molar refractivity (Wildman–Crippen MR) is 106 cm³/mol. The van der Waals surface area contributed by atoms with E-state index in [1.807, 2.05) is 13.8 Å². The number of carbonyl (C=O) groups is 2. The minimum absolute atomic E-state index is 0.0553. The molecule has 0 aliphatic rings. The van der Waals surface area contributed by atoms with Gasteiger partial charge < -0.3 is 10.1 Å². The number of hydrogen-bond donors (Lipinski definition) is 1. The van der Waals surface area contributed by atoms with Gasteiger partial charge in [-0.1, -0.05) is 50.2 Å². The van der Waals surface area contributed by atoms with E-state index in [1.54, 1.807) is 43.3 Å². The zero-order valence-electron chi connectivity index (χ0n) is 16.2. The first-order valence-electron chi connectivity index (χ1n) is 9.08. The number of nitrogens with zero attached hydrogens (tertiary/aromatic N) is 1. The van der Waals surface area contributed by atoms with Crippen LogP contribution in [0.5, 0.6) is 0 Å². The van der Waals surface area contributed by atoms with Crippen molar-refractivity contribution in [3.8, 4) is 0 Å². The molecule has 7 nitrogen and oxygen atoms in total. The normalized spacial score (nSPS) is 11.7. The lowest BCUT2D eigenvalue weighted by atomic mass is 10.1. The van der Waals surface area contributed by atoms with Gasteiger partial charge in [-0.3, -0.25) is 19.7 Å². The minimum atomic E-state index is -1.19. The second kappa shape index (κ2) is 9.64. The highest BCUT2D eigenvalue weighted by molar-refractivity contribution is 5.97. The van der Waals surface area contributed by atoms with Crippen LogP contribution in [0.3, 0.4) is 0 Å². The molecule has 1 amide bonds. The molecule has 1 atom stereocenters. The average Bonchev–Trinajstić information content (AvgIpc) is 2.66. The van der Waals surface area contributed by atoms with Gasteiger partial charge in [0.25, 0.3) is 11.6 Å². The van der Waals surface area contributed by atoms with Crippen LogP contribution >= 0.6 is 0 Å². The highest BCUT2D eigenvalue weighted by Crippen LogP contribution is 2.28. The van der Waals surface area contributed by atoms with Crippen LogP contribution in [-0.4, -0.2) is 16.8 Å². The molecule has 1 N–H and O–H groups in total. The standard InChI is InChI=1S/C21H24N2O5/c1-14(2)9-12-19(24)28-20(16-7-5-4-6-8-16)21(25)22-17-11-10-15(3)13-18(17)23(26)27/h4-8,10-11,13-14,20H,9,12H2,1-3H3,(H,22,25)/t20-/m1/s1. The van der Waals surface area contributed by atoms with Crippen molar-refractivity contribution in [1.29, 1.82) is 0 Å². The van der Waals surface area contributed by atoms with Crippen LogP contribution in [0.25, 0.3) is 0 Å². The van der Waals surface area contributed by atoms with E-state index in [-0.39, 0.29) is 17.8 Å². The third kappa shape index (κ3) is 5.90. The number of ether oxygens (including phenoxy) is 1. The van der Waals surface area contributed by atoms with Crippen molar-refractivity contribution < 1.29 is 19.2 Å². The highest BCUT2D eigenvalue weighted by Gasteiger charge is 2.27. The van der Waals surface area contributed by atoms with E-state index in [9.17, 15) is 19.7 Å². The summed E-state index contributed by atoms with van der Waals surface area (Å²) in [6, 6.07) is 13.1. The third-order valence-electron chi connectivity index (χ3n) is 4.12. The molecule has 0 fully saturated rings. The van der Waals surface area contributed by atoms with Crippen LogP contribution in [0, 0.1) is 23.0 Å². The summed E-state index contributed by atoms with van der Waals surface area (Å²) >= 11 is 0. The molecule has 0 spiro atoms. The molecule has 7 heteroatoms. The van der Waals surface area contributed by atoms with E-state index in [2.05, 4.69) is 5.32 Å². The Morgan fingerprint density at radius 2 is 1.82 bits per heavy atom. The fraction of sp³-hybridized carbons (Fsp3) is 0.333. The van der Waals surface area contributed by atoms with E-state index in [1.165, 1.54) is 12.1 Å². The number of benzene rings is 2. The number of rotatable bonds is 8. The van der Waals surface area contributed by atoms with Crippen molar-refractivity contribution in [2.45, 2.75) is 39.7 Å². The summed E-state index contributed by atoms with van der Waals surface area (Å²) in [6.45, 7) is 5.71. The van der Waals surface area contributed by atoms with Gasteiger partial charge in [0.05, 0.1) is 4.92 Å². The van der Waals surface area contributed by atoms with Gasteiger partial charge in [-0.25, -0.2) is 0 Å². The Morgan fingerprint density at radius 1 is 1.14 bits per heavy atom. The van der Waals surface area contributed by atoms with Crippen LogP contribution in [0.2, 0.25) is 0 Å². The maximum atomic E-state index is 12.8. The first kappa shape index (κ1) is 21.1. The first-order valence-corrected chi connectivity index (χ1v) is 9.08. The van der Waals surface area contributed by atoms with Crippen molar-refractivity contribution in [2.75, 3.05) is 5.32 Å². The zero-order valence-corrected chi connectivity index (χ0v) is 16.2. The SMILES string of the molecule is Cc1ccc(NC(=O)[C@H](OC(=O)CCC(C)C)c2ccccc2)c([N+](=O)[O-])c1. The molecule has 0 aliphatic heterocycles. The summed E-state index contributed by atoms with van der Waals surface area (Å²) in [6.07, 6.45) is -0.355. The van der Waals surface area contributed by atoms with Crippen LogP contribution in [0.15, 0.2) is 48.5 Å². The van der Waals surface area contributed by atoms with E-state index in [4.69, 9.17) is 4.74 Å². The first-order chi connectivity index (χ1) is 13.3. The van der Waals surface area contributed by atoms with Crippen molar-refractivity contribution in [3.05, 3.63) is 69.8 Å². The van der Waals surface area contributed by atoms with Crippen LogP contribution in [0.1, 0.15) is 43.9 Å². The summed E-state index contributed by atoms with van der Waals surface area (Å²) < 4.78 is 5.42. The fourth-order valence-corrected chi connectivity index (χ4v) is 2.59. The van der Waals surface area contributed by atoms with Gasteiger partial charge in [-0.05, 0) is 30.9 Å². The number of hydrogen-bond acceptors (Lipinski definition) is 5. The molecule has 0 bridgehead atoms. The van der Waals surface area contributed by atoms with Crippen molar-refractivity contribution in [1.82, 2.24) is 0 Å². The molecule has 0 aliphatic carbocycles. The monoisotopic (exact) mass is 384 g/mol. The van der Waals surface area contributed by atoms with Gasteiger partial charge in [0.1, 0.15) is 5.69 Å². The molecular formula is C21H24N2O5. The number of carbonyl (C=O) groups excluding carboxylic acids is 2. The van der Waals surface area contributed by atoms with Gasteiger partial charge >= 0.3 is 5.97 Å². The van der Waals surface area contributed by atoms with Gasteiger partial charge in [-0.2, -0.15) is 0 Å². The Labute approximate surface area is 163 Å². The molecule has 0 saturated carbocycles. The summed E-state index contributed by atoms with van der Waals surface area (Å²) in [5, 5.41) is 13.8. The van der Waals surface area contributed by atoms with Crippen molar-refractivity contribution in [2.24, 2.45) is 5.92 Å². The smallest absolute Gasteiger partial charge is 0.306 e. The van der Waals surface area contributed by atoms with Gasteiger partial charge in [0.15, 0.2) is 0 Å². The highest BCUT2D eigenvalue weighted by atomic mass is 16.6. The largest absolute Gasteiger partial charge is 0.447 e. The number of nitro groups is 1. The number of amides is 1. The second-order valence-corrected chi connectivity index (χ2v) is 6.98. The third-order valence-corrected chi connectivity index (χ3v) is 4.12. The maximum absolute atomic E-state index is 12.8. The van der Waals surface area contributed by atoms with Crippen LogP contribution in [-0.2, 0) is 14.3 Å². The Morgan fingerprint density at radius 3 is 2.43 bits per heavy atom. The van der Waals surface area contributed by atoms with Crippen molar-refractivity contribution in [3.63, 3.8) is 0 Å². The zero-order chi connectivity index (χ0) is 20.7. The van der Waals surface area contributed by atoms with E-state index in [0.717, 1.165) is 0 Å². The molecule has 0 heterocycles. The van der Waals surface area contributed by atoms with Gasteiger partial charge in [0.2, 0.25) is 6.10 Å². The number of aryl methyl sites for hydroxylation is 1. The molecule has 28 heavy (non-hydrogen) atoms. The number of anilines is 1. The maximum Gasteiger partial charge on any atom is 0.306 e. The number of esters is 1. The van der Waals surface area contributed by atoms with Crippen LogP contribution < -0.4 is 5.32 Å². The molecule has 0 radical (unpaired) electrons. The minimum Gasteiger partial charge on any atom is -0.447 e. The van der Waals surface area contributed by atoms with Gasteiger partial charge in [-0.15, -0.1) is 0 Å². The summed E-state index contributed by atoms with van der Waals surface area (Å²) in [4.78, 5) is 35.8. The molecule has 0 unspecified atom stereocenters. The fourth-order valence-electron chi connectivity index (χ4n) is 2.59. The lowest BCUT2D eigenvalue weighted by molar-refractivity contribution is -0.384. The topological polar surface area (TPSA) is 98.5 Å². The Bertz CT molecular complexity index is 849. The number of nitro benzene ring substituents is 1. The van der Waals surface area contributed by atoms with E-state index in [0.29, 0.717) is 23.5 Å². The second-order valence-electron chi connectivity index (χ2n) is 6.98. The molecular weight excluding hydrogens is 360 g/mol. The van der Waals surface area contributed by atoms with Crippen molar-refractivity contribution >= 4 is 23.3 Å². The molecule has 148 valence electrons. The van der Waals surface area contributed by atoms with E-state index < -0.39 is 22.9 Å². The quantitative estimate of drug-likeness (QED) is 0.408. The lowest BCUT2D eigenvalue weighted by Crippen LogP contribution is -2.26. The van der Waals surface area contributed by atoms with Crippen LogP contribution in [0.4, 0.5) is 11.4 Å². The average molecular weight is 384 g/mol. The molecule has 2 rings (SSSR count). The summed E-state index contributed by atoms with van der Waals surface area (Å²) in [7, 11) is 0.